The lowest BCUT2D eigenvalue weighted by Gasteiger charge is -2.39. The molecule has 136 valence electrons. The molecule has 1 saturated heterocycles. The Balaban J connectivity index is 1.45. The number of aliphatic hydroxyl groups excluding tert-OH is 1. The van der Waals surface area contributed by atoms with Crippen molar-refractivity contribution in [3.8, 4) is 5.75 Å². The summed E-state index contributed by atoms with van der Waals surface area (Å²) in [6.45, 7) is 4.12. The van der Waals surface area contributed by atoms with Crippen LogP contribution in [0, 0.1) is 5.92 Å². The third kappa shape index (κ3) is 3.81. The van der Waals surface area contributed by atoms with Crippen molar-refractivity contribution in [1.29, 1.82) is 0 Å². The molecule has 1 aromatic rings. The molecule has 0 aromatic heterocycles. The lowest BCUT2D eigenvalue weighted by molar-refractivity contribution is -0.125. The molecule has 2 aliphatic heterocycles. The third-order valence-corrected chi connectivity index (χ3v) is 5.48. The van der Waals surface area contributed by atoms with Crippen LogP contribution in [0.3, 0.4) is 0 Å². The Labute approximate surface area is 148 Å². The molecule has 1 saturated carbocycles. The van der Waals surface area contributed by atoms with Crippen molar-refractivity contribution in [3.63, 3.8) is 0 Å². The van der Waals surface area contributed by atoms with Gasteiger partial charge in [-0.2, -0.15) is 0 Å². The fourth-order valence-corrected chi connectivity index (χ4v) is 3.96. The molecule has 25 heavy (non-hydrogen) atoms. The smallest absolute Gasteiger partial charge is 0.234 e. The zero-order chi connectivity index (χ0) is 17.2. The van der Waals surface area contributed by atoms with Crippen molar-refractivity contribution in [2.24, 2.45) is 5.92 Å². The van der Waals surface area contributed by atoms with Gasteiger partial charge in [-0.3, -0.25) is 9.69 Å². The summed E-state index contributed by atoms with van der Waals surface area (Å²) >= 11 is 0. The summed E-state index contributed by atoms with van der Waals surface area (Å²) in [6, 6.07) is 6.18. The minimum absolute atomic E-state index is 0.0390. The van der Waals surface area contributed by atoms with Crippen molar-refractivity contribution in [3.05, 3.63) is 29.3 Å². The molecular weight excluding hydrogens is 320 g/mol. The number of amides is 1. The van der Waals surface area contributed by atoms with Gasteiger partial charge in [-0.25, -0.2) is 0 Å². The van der Waals surface area contributed by atoms with Crippen LogP contribution in [0.1, 0.15) is 30.0 Å². The number of fused-ring (bicyclic) bond motifs is 1. The van der Waals surface area contributed by atoms with E-state index in [0.29, 0.717) is 25.7 Å². The molecule has 6 nitrogen and oxygen atoms in total. The maximum Gasteiger partial charge on any atom is 0.234 e. The Bertz CT molecular complexity index is 624. The Morgan fingerprint density at radius 1 is 1.28 bits per heavy atom. The second-order valence-electron chi connectivity index (χ2n) is 7.28. The summed E-state index contributed by atoms with van der Waals surface area (Å²) in [7, 11) is 0. The van der Waals surface area contributed by atoms with Crippen LogP contribution >= 0.6 is 0 Å². The van der Waals surface area contributed by atoms with E-state index in [0.717, 1.165) is 50.3 Å². The number of carbonyl (C=O) groups is 1. The predicted octanol–water partition coefficient (Wildman–Crippen LogP) is 0.882. The third-order valence-electron chi connectivity index (χ3n) is 5.48. The van der Waals surface area contributed by atoms with Crippen molar-refractivity contribution in [2.45, 2.75) is 31.4 Å². The molecule has 2 N–H and O–H groups in total. The maximum atomic E-state index is 12.6. The normalized spacial score (nSPS) is 27.1. The fraction of sp³-hybridized carbons (Fsp3) is 0.632. The summed E-state index contributed by atoms with van der Waals surface area (Å²) in [4.78, 5) is 14.7. The number of morpholine rings is 1. The summed E-state index contributed by atoms with van der Waals surface area (Å²) in [5.41, 5.74) is 2.33. The molecule has 1 aromatic carbocycles. The largest absolute Gasteiger partial charge is 0.493 e. The first kappa shape index (κ1) is 16.8. The molecular formula is C19H26N2O4. The number of carbonyl (C=O) groups excluding carboxylic acids is 1. The first-order valence-electron chi connectivity index (χ1n) is 9.22. The SMILES string of the molecule is O=C(CN1CCOCC1)N[C@H](c1ccc2c(c1)CCO2)C1CC(O)C1. The second-order valence-corrected chi connectivity index (χ2v) is 7.28. The quantitative estimate of drug-likeness (QED) is 0.828. The monoisotopic (exact) mass is 346 g/mol. The van der Waals surface area contributed by atoms with Gasteiger partial charge in [0, 0.05) is 19.5 Å². The van der Waals surface area contributed by atoms with Crippen molar-refractivity contribution in [2.75, 3.05) is 39.5 Å². The van der Waals surface area contributed by atoms with Gasteiger partial charge >= 0.3 is 0 Å². The highest BCUT2D eigenvalue weighted by atomic mass is 16.5. The van der Waals surface area contributed by atoms with Gasteiger partial charge in [0.1, 0.15) is 5.75 Å². The van der Waals surface area contributed by atoms with E-state index in [9.17, 15) is 9.90 Å². The minimum Gasteiger partial charge on any atom is -0.493 e. The number of hydrogen-bond acceptors (Lipinski definition) is 5. The Kier molecular flexibility index (Phi) is 4.92. The van der Waals surface area contributed by atoms with Crippen LogP contribution in [0.25, 0.3) is 0 Å². The summed E-state index contributed by atoms with van der Waals surface area (Å²) in [5, 5.41) is 12.9. The number of ether oxygens (including phenoxy) is 2. The van der Waals surface area contributed by atoms with Crippen LogP contribution in [0.4, 0.5) is 0 Å². The van der Waals surface area contributed by atoms with E-state index in [-0.39, 0.29) is 18.1 Å². The average molecular weight is 346 g/mol. The first-order chi connectivity index (χ1) is 12.2. The zero-order valence-electron chi connectivity index (χ0n) is 14.4. The second kappa shape index (κ2) is 7.32. The highest BCUT2D eigenvalue weighted by Crippen LogP contribution is 2.39. The van der Waals surface area contributed by atoms with Crippen molar-refractivity contribution in [1.82, 2.24) is 10.2 Å². The van der Waals surface area contributed by atoms with Crippen LogP contribution in [0.5, 0.6) is 5.75 Å². The molecule has 0 spiro atoms. The van der Waals surface area contributed by atoms with E-state index in [4.69, 9.17) is 9.47 Å². The molecule has 2 fully saturated rings. The minimum atomic E-state index is -0.235. The molecule has 1 amide bonds. The number of aliphatic hydroxyl groups is 1. The number of nitrogens with one attached hydrogen (secondary N) is 1. The van der Waals surface area contributed by atoms with Crippen LogP contribution in [0.2, 0.25) is 0 Å². The predicted molar refractivity (Wildman–Crippen MR) is 92.5 cm³/mol. The molecule has 2 heterocycles. The Hall–Kier alpha value is -1.63. The maximum absolute atomic E-state index is 12.6. The number of nitrogens with zero attached hydrogens (tertiary/aromatic N) is 1. The van der Waals surface area contributed by atoms with Gasteiger partial charge in [-0.15, -0.1) is 0 Å². The van der Waals surface area contributed by atoms with Crippen LogP contribution in [0.15, 0.2) is 18.2 Å². The van der Waals surface area contributed by atoms with Gasteiger partial charge in [0.05, 0.1) is 38.5 Å². The van der Waals surface area contributed by atoms with Gasteiger partial charge in [0.2, 0.25) is 5.91 Å². The van der Waals surface area contributed by atoms with Gasteiger partial charge in [0.15, 0.2) is 0 Å². The Morgan fingerprint density at radius 2 is 2.08 bits per heavy atom. The van der Waals surface area contributed by atoms with Crippen molar-refractivity contribution < 1.29 is 19.4 Å². The van der Waals surface area contributed by atoms with Crippen LogP contribution in [-0.2, 0) is 16.0 Å². The van der Waals surface area contributed by atoms with E-state index in [1.165, 1.54) is 5.56 Å². The van der Waals surface area contributed by atoms with E-state index in [1.54, 1.807) is 0 Å². The van der Waals surface area contributed by atoms with E-state index in [2.05, 4.69) is 22.3 Å². The molecule has 4 rings (SSSR count). The Morgan fingerprint density at radius 3 is 2.84 bits per heavy atom. The van der Waals surface area contributed by atoms with Crippen LogP contribution < -0.4 is 10.1 Å². The van der Waals surface area contributed by atoms with Crippen molar-refractivity contribution >= 4 is 5.91 Å². The molecule has 1 aliphatic carbocycles. The molecule has 1 atom stereocenters. The lowest BCUT2D eigenvalue weighted by Crippen LogP contribution is -2.47. The van der Waals surface area contributed by atoms with Gasteiger partial charge < -0.3 is 19.9 Å². The molecule has 3 aliphatic rings. The van der Waals surface area contributed by atoms with E-state index >= 15 is 0 Å². The molecule has 0 unspecified atom stereocenters. The lowest BCUT2D eigenvalue weighted by atomic mass is 9.75. The van der Waals surface area contributed by atoms with Gasteiger partial charge in [-0.1, -0.05) is 6.07 Å². The van der Waals surface area contributed by atoms with E-state index < -0.39 is 0 Å². The number of hydrogen-bond donors (Lipinski definition) is 2. The number of benzene rings is 1. The summed E-state index contributed by atoms with van der Waals surface area (Å²) in [6.07, 6.45) is 2.18. The van der Waals surface area contributed by atoms with Gasteiger partial charge in [-0.05, 0) is 42.0 Å². The standard InChI is InChI=1S/C19H26N2O4/c22-16-10-15(11-16)19(14-1-2-17-13(9-14)3-6-25-17)20-18(23)12-21-4-7-24-8-5-21/h1-2,9,15-16,19,22H,3-8,10-12H2,(H,20,23)/t15?,16?,19-/m1/s1. The first-order valence-corrected chi connectivity index (χ1v) is 9.22. The van der Waals surface area contributed by atoms with Crippen LogP contribution in [-0.4, -0.2) is 61.5 Å². The highest BCUT2D eigenvalue weighted by molar-refractivity contribution is 5.78. The highest BCUT2D eigenvalue weighted by Gasteiger charge is 2.36. The topological polar surface area (TPSA) is 71.0 Å². The number of rotatable bonds is 5. The van der Waals surface area contributed by atoms with E-state index in [1.807, 2.05) is 6.07 Å². The molecule has 0 bridgehead atoms. The zero-order valence-corrected chi connectivity index (χ0v) is 14.4. The average Bonchev–Trinajstić information content (AvgIpc) is 3.06. The van der Waals surface area contributed by atoms with Gasteiger partial charge in [0.25, 0.3) is 0 Å². The molecule has 0 radical (unpaired) electrons. The fourth-order valence-electron chi connectivity index (χ4n) is 3.96. The molecule has 6 heteroatoms. The summed E-state index contributed by atoms with van der Waals surface area (Å²) in [5.74, 6) is 1.30. The summed E-state index contributed by atoms with van der Waals surface area (Å²) < 4.78 is 10.9.